The standard InChI is InChI=1S/C11H10FN/c1-13-11(5-6-11)8-9-3-2-4-10(12)7-9/h2-4,7H,5-6,8H2. The molecule has 1 aliphatic carbocycles. The highest BCUT2D eigenvalue weighted by molar-refractivity contribution is 5.25. The van der Waals surface area contributed by atoms with Gasteiger partial charge in [0.25, 0.3) is 0 Å². The van der Waals surface area contributed by atoms with E-state index in [2.05, 4.69) is 4.85 Å². The second-order valence-corrected chi connectivity index (χ2v) is 3.64. The largest absolute Gasteiger partial charge is 0.310 e. The summed E-state index contributed by atoms with van der Waals surface area (Å²) in [5.74, 6) is -0.210. The lowest BCUT2D eigenvalue weighted by molar-refractivity contribution is 0.623. The molecule has 0 saturated heterocycles. The van der Waals surface area contributed by atoms with E-state index in [4.69, 9.17) is 6.57 Å². The fourth-order valence-electron chi connectivity index (χ4n) is 1.50. The topological polar surface area (TPSA) is 4.36 Å². The molecule has 1 aliphatic rings. The van der Waals surface area contributed by atoms with Gasteiger partial charge in [-0.3, -0.25) is 0 Å². The van der Waals surface area contributed by atoms with Crippen molar-refractivity contribution in [3.63, 3.8) is 0 Å². The Hall–Kier alpha value is -1.36. The molecule has 1 nitrogen and oxygen atoms in total. The van der Waals surface area contributed by atoms with Crippen LogP contribution in [0.4, 0.5) is 4.39 Å². The highest BCUT2D eigenvalue weighted by Crippen LogP contribution is 2.42. The molecule has 66 valence electrons. The van der Waals surface area contributed by atoms with E-state index < -0.39 is 0 Å². The Kier molecular flexibility index (Phi) is 1.81. The van der Waals surface area contributed by atoms with Gasteiger partial charge in [0.2, 0.25) is 5.54 Å². The van der Waals surface area contributed by atoms with Crippen molar-refractivity contribution >= 4 is 0 Å². The van der Waals surface area contributed by atoms with Gasteiger partial charge in [0.15, 0.2) is 0 Å². The zero-order valence-electron chi connectivity index (χ0n) is 7.26. The van der Waals surface area contributed by atoms with Crippen LogP contribution in [0.25, 0.3) is 4.85 Å². The van der Waals surface area contributed by atoms with Crippen molar-refractivity contribution in [3.05, 3.63) is 47.1 Å². The van der Waals surface area contributed by atoms with Gasteiger partial charge in [-0.1, -0.05) is 12.1 Å². The van der Waals surface area contributed by atoms with E-state index in [1.54, 1.807) is 6.07 Å². The summed E-state index contributed by atoms with van der Waals surface area (Å²) in [4.78, 5) is 3.58. The van der Waals surface area contributed by atoms with Crippen LogP contribution in [0, 0.1) is 12.4 Å². The molecule has 0 radical (unpaired) electrons. The van der Waals surface area contributed by atoms with Gasteiger partial charge in [-0.2, -0.15) is 0 Å². The number of rotatable bonds is 2. The number of hydrogen-bond acceptors (Lipinski definition) is 0. The molecule has 0 atom stereocenters. The Labute approximate surface area is 77.0 Å². The summed E-state index contributed by atoms with van der Waals surface area (Å²) in [5, 5.41) is 0. The molecule has 0 heterocycles. The Bertz CT molecular complexity index is 361. The molecule has 1 aromatic carbocycles. The first-order valence-electron chi connectivity index (χ1n) is 4.37. The van der Waals surface area contributed by atoms with Crippen LogP contribution in [0.1, 0.15) is 18.4 Å². The van der Waals surface area contributed by atoms with Gasteiger partial charge in [0, 0.05) is 12.8 Å². The smallest absolute Gasteiger partial charge is 0.237 e. The van der Waals surface area contributed by atoms with E-state index in [-0.39, 0.29) is 11.4 Å². The maximum Gasteiger partial charge on any atom is 0.237 e. The SMILES string of the molecule is [C-]#[N+]C1(Cc2cccc(F)c2)CC1. The van der Waals surface area contributed by atoms with Crippen molar-refractivity contribution < 1.29 is 4.39 Å². The first kappa shape index (κ1) is 8.25. The van der Waals surface area contributed by atoms with Crippen molar-refractivity contribution in [2.24, 2.45) is 0 Å². The average molecular weight is 175 g/mol. The van der Waals surface area contributed by atoms with Crippen LogP contribution in [0.5, 0.6) is 0 Å². The molecule has 0 N–H and O–H groups in total. The van der Waals surface area contributed by atoms with Crippen molar-refractivity contribution in [1.29, 1.82) is 0 Å². The first-order chi connectivity index (χ1) is 6.24. The quantitative estimate of drug-likeness (QED) is 0.609. The third-order valence-electron chi connectivity index (χ3n) is 2.49. The Morgan fingerprint density at radius 1 is 1.46 bits per heavy atom. The minimum absolute atomic E-state index is 0.187. The van der Waals surface area contributed by atoms with Crippen LogP contribution in [-0.2, 0) is 6.42 Å². The monoisotopic (exact) mass is 175 g/mol. The van der Waals surface area contributed by atoms with Crippen LogP contribution in [0.2, 0.25) is 0 Å². The highest BCUT2D eigenvalue weighted by atomic mass is 19.1. The van der Waals surface area contributed by atoms with E-state index >= 15 is 0 Å². The summed E-state index contributed by atoms with van der Waals surface area (Å²) < 4.78 is 12.8. The van der Waals surface area contributed by atoms with Gasteiger partial charge >= 0.3 is 0 Å². The molecule has 1 saturated carbocycles. The molecule has 0 amide bonds. The molecular formula is C11H10FN. The molecule has 0 aliphatic heterocycles. The van der Waals surface area contributed by atoms with E-state index in [9.17, 15) is 4.39 Å². The molecule has 0 unspecified atom stereocenters. The van der Waals surface area contributed by atoms with Gasteiger partial charge in [0.05, 0.1) is 6.42 Å². The second-order valence-electron chi connectivity index (χ2n) is 3.64. The van der Waals surface area contributed by atoms with Crippen molar-refractivity contribution in [2.75, 3.05) is 0 Å². The molecule has 1 aromatic rings. The Morgan fingerprint density at radius 3 is 2.77 bits per heavy atom. The first-order valence-corrected chi connectivity index (χ1v) is 4.37. The minimum atomic E-state index is -0.210. The van der Waals surface area contributed by atoms with E-state index in [1.165, 1.54) is 12.1 Å². The lowest BCUT2D eigenvalue weighted by Crippen LogP contribution is -2.06. The molecule has 2 heteroatoms. The van der Waals surface area contributed by atoms with Crippen LogP contribution in [-0.4, -0.2) is 5.54 Å². The molecular weight excluding hydrogens is 165 g/mol. The number of benzene rings is 1. The second kappa shape index (κ2) is 2.85. The van der Waals surface area contributed by atoms with Gasteiger partial charge < -0.3 is 4.85 Å². The molecule has 1 fully saturated rings. The van der Waals surface area contributed by atoms with Crippen LogP contribution in [0.3, 0.4) is 0 Å². The van der Waals surface area contributed by atoms with E-state index in [0.717, 1.165) is 18.4 Å². The predicted molar refractivity (Wildman–Crippen MR) is 48.7 cm³/mol. The molecule has 13 heavy (non-hydrogen) atoms. The highest BCUT2D eigenvalue weighted by Gasteiger charge is 2.50. The van der Waals surface area contributed by atoms with E-state index in [1.807, 2.05) is 6.07 Å². The molecule has 0 spiro atoms. The zero-order chi connectivity index (χ0) is 9.31. The third-order valence-corrected chi connectivity index (χ3v) is 2.49. The van der Waals surface area contributed by atoms with Crippen molar-refractivity contribution in [3.8, 4) is 0 Å². The summed E-state index contributed by atoms with van der Waals surface area (Å²) in [6.07, 6.45) is 2.63. The van der Waals surface area contributed by atoms with Gasteiger partial charge in [0.1, 0.15) is 5.82 Å². The van der Waals surface area contributed by atoms with Crippen LogP contribution < -0.4 is 0 Å². The summed E-state index contributed by atoms with van der Waals surface area (Å²) in [6.45, 7) is 7.00. The maximum atomic E-state index is 12.8. The predicted octanol–water partition coefficient (Wildman–Crippen LogP) is 2.82. The average Bonchev–Trinajstić information content (AvgIpc) is 2.86. The normalized spacial score (nSPS) is 17.8. The van der Waals surface area contributed by atoms with Gasteiger partial charge in [-0.25, -0.2) is 11.0 Å². The molecule has 0 bridgehead atoms. The third kappa shape index (κ3) is 1.70. The van der Waals surface area contributed by atoms with Gasteiger partial charge in [-0.15, -0.1) is 0 Å². The number of hydrogen-bond donors (Lipinski definition) is 0. The summed E-state index contributed by atoms with van der Waals surface area (Å²) >= 11 is 0. The number of nitrogens with zero attached hydrogens (tertiary/aromatic N) is 1. The van der Waals surface area contributed by atoms with Crippen LogP contribution in [0.15, 0.2) is 24.3 Å². The summed E-state index contributed by atoms with van der Waals surface area (Å²) in [6, 6.07) is 6.53. The number of halogens is 1. The Balaban J connectivity index is 2.15. The Morgan fingerprint density at radius 2 is 2.23 bits per heavy atom. The van der Waals surface area contributed by atoms with Crippen molar-refractivity contribution in [1.82, 2.24) is 0 Å². The van der Waals surface area contributed by atoms with E-state index in [0.29, 0.717) is 6.42 Å². The molecule has 2 rings (SSSR count). The maximum absolute atomic E-state index is 12.8. The van der Waals surface area contributed by atoms with Crippen molar-refractivity contribution in [2.45, 2.75) is 24.8 Å². The summed E-state index contributed by atoms with van der Waals surface area (Å²) in [5.41, 5.74) is 0.752. The van der Waals surface area contributed by atoms with Gasteiger partial charge in [-0.05, 0) is 17.7 Å². The molecule has 0 aromatic heterocycles. The zero-order valence-corrected chi connectivity index (χ0v) is 7.26. The lowest BCUT2D eigenvalue weighted by atomic mass is 10.1. The van der Waals surface area contributed by atoms with Crippen LogP contribution >= 0.6 is 0 Å². The fourth-order valence-corrected chi connectivity index (χ4v) is 1.50. The lowest BCUT2D eigenvalue weighted by Gasteiger charge is -2.01. The fraction of sp³-hybridized carbons (Fsp3) is 0.364. The summed E-state index contributed by atoms with van der Waals surface area (Å²) in [7, 11) is 0. The minimum Gasteiger partial charge on any atom is -0.310 e.